The number of Topliss-reactive ketones (excluding diaryl/α,β-unsaturated/α-hetero) is 1. The van der Waals surface area contributed by atoms with Crippen LogP contribution in [0, 0.1) is 35.0 Å². The standard InChI is InChI=1S/C20H32O3/c1-19-9-7-15-14-8-10-20(22,12-23-2)11-13(14)3-4-16(15)17(19)5-6-18(19)21/h13-17,22H,3-12H2,1-2H3/t13-,14-,15+,16+,17-,19-,20+/m0/s1. The number of ketones is 1. The van der Waals surface area contributed by atoms with Crippen molar-refractivity contribution in [3.63, 3.8) is 0 Å². The highest BCUT2D eigenvalue weighted by Crippen LogP contribution is 2.61. The molecule has 0 aromatic carbocycles. The molecule has 0 aliphatic heterocycles. The first-order valence-corrected chi connectivity index (χ1v) is 9.71. The lowest BCUT2D eigenvalue weighted by atomic mass is 9.50. The number of hydrogen-bond acceptors (Lipinski definition) is 3. The molecule has 4 rings (SSSR count). The summed E-state index contributed by atoms with van der Waals surface area (Å²) in [6.07, 6.45) is 9.83. The highest BCUT2D eigenvalue weighted by Gasteiger charge is 2.57. The summed E-state index contributed by atoms with van der Waals surface area (Å²) in [6.45, 7) is 2.74. The van der Waals surface area contributed by atoms with Gasteiger partial charge in [-0.1, -0.05) is 6.92 Å². The molecule has 4 fully saturated rings. The first kappa shape index (κ1) is 16.1. The van der Waals surface area contributed by atoms with Gasteiger partial charge in [-0.25, -0.2) is 0 Å². The van der Waals surface area contributed by atoms with Gasteiger partial charge in [0.1, 0.15) is 5.78 Å². The van der Waals surface area contributed by atoms with E-state index in [2.05, 4.69) is 6.92 Å². The Bertz CT molecular complexity index is 489. The molecule has 4 saturated carbocycles. The van der Waals surface area contributed by atoms with E-state index in [1.807, 2.05) is 0 Å². The van der Waals surface area contributed by atoms with Crippen LogP contribution in [-0.2, 0) is 9.53 Å². The van der Waals surface area contributed by atoms with Gasteiger partial charge in [-0.05, 0) is 81.0 Å². The number of fused-ring (bicyclic) bond motifs is 5. The maximum Gasteiger partial charge on any atom is 0.139 e. The van der Waals surface area contributed by atoms with Gasteiger partial charge in [0, 0.05) is 18.9 Å². The fraction of sp³-hybridized carbons (Fsp3) is 0.950. The molecule has 0 spiro atoms. The summed E-state index contributed by atoms with van der Waals surface area (Å²) in [6, 6.07) is 0. The predicted octanol–water partition coefficient (Wildman–Crippen LogP) is 3.59. The summed E-state index contributed by atoms with van der Waals surface area (Å²) < 4.78 is 5.27. The number of rotatable bonds is 2. The number of aliphatic hydroxyl groups is 1. The molecule has 0 saturated heterocycles. The smallest absolute Gasteiger partial charge is 0.139 e. The largest absolute Gasteiger partial charge is 0.387 e. The zero-order valence-electron chi connectivity index (χ0n) is 14.7. The van der Waals surface area contributed by atoms with Crippen LogP contribution in [0.5, 0.6) is 0 Å². The van der Waals surface area contributed by atoms with Crippen LogP contribution in [0.2, 0.25) is 0 Å². The maximum atomic E-state index is 12.4. The van der Waals surface area contributed by atoms with E-state index < -0.39 is 5.60 Å². The van der Waals surface area contributed by atoms with E-state index in [1.54, 1.807) is 7.11 Å². The Morgan fingerprint density at radius 1 is 1.09 bits per heavy atom. The van der Waals surface area contributed by atoms with Crippen molar-refractivity contribution >= 4 is 5.78 Å². The molecule has 0 radical (unpaired) electrons. The van der Waals surface area contributed by atoms with Gasteiger partial charge >= 0.3 is 0 Å². The topological polar surface area (TPSA) is 46.5 Å². The summed E-state index contributed by atoms with van der Waals surface area (Å²) in [7, 11) is 1.69. The summed E-state index contributed by atoms with van der Waals surface area (Å²) in [5.74, 6) is 4.23. The van der Waals surface area contributed by atoms with Crippen LogP contribution in [0.4, 0.5) is 0 Å². The Hall–Kier alpha value is -0.410. The van der Waals surface area contributed by atoms with Crippen LogP contribution in [0.15, 0.2) is 0 Å². The Balaban J connectivity index is 1.51. The highest BCUT2D eigenvalue weighted by atomic mass is 16.5. The minimum atomic E-state index is -0.588. The third-order valence-corrected chi connectivity index (χ3v) is 8.23. The van der Waals surface area contributed by atoms with E-state index in [1.165, 1.54) is 19.3 Å². The second kappa shape index (κ2) is 5.56. The molecule has 0 unspecified atom stereocenters. The number of carbonyl (C=O) groups is 1. The van der Waals surface area contributed by atoms with Crippen molar-refractivity contribution in [1.82, 2.24) is 0 Å². The van der Waals surface area contributed by atoms with Gasteiger partial charge in [0.15, 0.2) is 0 Å². The lowest BCUT2D eigenvalue weighted by Crippen LogP contribution is -2.52. The third-order valence-electron chi connectivity index (χ3n) is 8.23. The molecular formula is C20H32O3. The van der Waals surface area contributed by atoms with Crippen LogP contribution >= 0.6 is 0 Å². The summed E-state index contributed by atoms with van der Waals surface area (Å²) in [5.41, 5.74) is -0.589. The van der Waals surface area contributed by atoms with Gasteiger partial charge in [-0.2, -0.15) is 0 Å². The second-order valence-electron chi connectivity index (χ2n) is 9.25. The van der Waals surface area contributed by atoms with Crippen LogP contribution in [0.1, 0.15) is 64.7 Å². The molecule has 23 heavy (non-hydrogen) atoms. The number of ether oxygens (including phenoxy) is 1. The molecule has 0 aromatic rings. The van der Waals surface area contributed by atoms with Crippen molar-refractivity contribution in [2.24, 2.45) is 35.0 Å². The zero-order valence-corrected chi connectivity index (χ0v) is 14.7. The van der Waals surface area contributed by atoms with E-state index >= 15 is 0 Å². The van der Waals surface area contributed by atoms with Crippen molar-refractivity contribution in [1.29, 1.82) is 0 Å². The molecule has 4 aliphatic rings. The lowest BCUT2D eigenvalue weighted by Gasteiger charge is -2.55. The summed E-state index contributed by atoms with van der Waals surface area (Å²) in [4.78, 5) is 12.4. The minimum Gasteiger partial charge on any atom is -0.387 e. The molecule has 3 nitrogen and oxygen atoms in total. The third kappa shape index (κ3) is 2.41. The van der Waals surface area contributed by atoms with Crippen molar-refractivity contribution < 1.29 is 14.6 Å². The van der Waals surface area contributed by atoms with Crippen molar-refractivity contribution in [3.8, 4) is 0 Å². The molecule has 130 valence electrons. The first-order valence-electron chi connectivity index (χ1n) is 9.71. The van der Waals surface area contributed by atoms with Crippen molar-refractivity contribution in [3.05, 3.63) is 0 Å². The SMILES string of the molecule is COC[C@@]1(O)CC[C@H]2[C@@H](CC[C@@H]3[C@@H]2CC[C@]2(C)C(=O)CC[C@@H]32)C1. The van der Waals surface area contributed by atoms with E-state index in [4.69, 9.17) is 4.74 Å². The maximum absolute atomic E-state index is 12.4. The van der Waals surface area contributed by atoms with Crippen LogP contribution in [0.25, 0.3) is 0 Å². The molecule has 1 N–H and O–H groups in total. The van der Waals surface area contributed by atoms with Gasteiger partial charge < -0.3 is 9.84 Å². The molecule has 0 amide bonds. The van der Waals surface area contributed by atoms with Gasteiger partial charge in [0.25, 0.3) is 0 Å². The van der Waals surface area contributed by atoms with Crippen molar-refractivity contribution in [2.45, 2.75) is 70.3 Å². The van der Waals surface area contributed by atoms with Crippen LogP contribution in [0.3, 0.4) is 0 Å². The van der Waals surface area contributed by atoms with Gasteiger partial charge in [-0.15, -0.1) is 0 Å². The molecule has 4 aliphatic carbocycles. The fourth-order valence-electron chi connectivity index (χ4n) is 7.13. The Morgan fingerprint density at radius 2 is 1.87 bits per heavy atom. The van der Waals surface area contributed by atoms with Crippen LogP contribution < -0.4 is 0 Å². The van der Waals surface area contributed by atoms with Gasteiger partial charge in [0.05, 0.1) is 12.2 Å². The number of hydrogen-bond donors (Lipinski definition) is 1. The number of methoxy groups -OCH3 is 1. The molecular weight excluding hydrogens is 288 g/mol. The van der Waals surface area contributed by atoms with E-state index in [0.717, 1.165) is 56.3 Å². The monoisotopic (exact) mass is 320 g/mol. The molecule has 0 aromatic heterocycles. The normalized spacial score (nSPS) is 52.7. The second-order valence-corrected chi connectivity index (χ2v) is 9.25. The van der Waals surface area contributed by atoms with Crippen LogP contribution in [-0.4, -0.2) is 30.2 Å². The van der Waals surface area contributed by atoms with Gasteiger partial charge in [0.2, 0.25) is 0 Å². The number of carbonyl (C=O) groups excluding carboxylic acids is 1. The summed E-state index contributed by atoms with van der Waals surface area (Å²) in [5, 5.41) is 10.8. The highest BCUT2D eigenvalue weighted by molar-refractivity contribution is 5.87. The predicted molar refractivity (Wildman–Crippen MR) is 88.9 cm³/mol. The summed E-state index contributed by atoms with van der Waals surface area (Å²) >= 11 is 0. The lowest BCUT2D eigenvalue weighted by molar-refractivity contribution is -0.138. The molecule has 0 heterocycles. The average Bonchev–Trinajstić information content (AvgIpc) is 2.82. The van der Waals surface area contributed by atoms with Gasteiger partial charge in [-0.3, -0.25) is 4.79 Å². The Labute approximate surface area is 140 Å². The zero-order chi connectivity index (χ0) is 16.2. The minimum absolute atomic E-state index is 0.000538. The average molecular weight is 320 g/mol. The van der Waals surface area contributed by atoms with Crippen molar-refractivity contribution in [2.75, 3.05) is 13.7 Å². The molecule has 0 bridgehead atoms. The van der Waals surface area contributed by atoms with E-state index in [0.29, 0.717) is 24.2 Å². The first-order chi connectivity index (χ1) is 11.0. The Kier molecular flexibility index (Phi) is 3.88. The fourth-order valence-corrected chi connectivity index (χ4v) is 7.13. The quantitative estimate of drug-likeness (QED) is 0.846. The molecule has 3 heteroatoms. The van der Waals surface area contributed by atoms with E-state index in [9.17, 15) is 9.90 Å². The van der Waals surface area contributed by atoms with E-state index in [-0.39, 0.29) is 5.41 Å². The molecule has 7 atom stereocenters. The Morgan fingerprint density at radius 3 is 2.65 bits per heavy atom.